The van der Waals surface area contributed by atoms with Gasteiger partial charge in [0.2, 0.25) is 0 Å². The van der Waals surface area contributed by atoms with Crippen LogP contribution in [0.4, 0.5) is 5.69 Å². The van der Waals surface area contributed by atoms with E-state index in [9.17, 15) is 4.79 Å². The molecule has 0 aliphatic carbocycles. The van der Waals surface area contributed by atoms with Gasteiger partial charge in [0, 0.05) is 11.4 Å². The second-order valence-electron chi connectivity index (χ2n) is 4.44. The highest BCUT2D eigenvalue weighted by Gasteiger charge is 2.01. The van der Waals surface area contributed by atoms with Crippen molar-refractivity contribution in [3.8, 4) is 5.75 Å². The number of aliphatic carboxylic acids is 1. The first-order valence-electron chi connectivity index (χ1n) is 6.49. The number of rotatable bonds is 9. The summed E-state index contributed by atoms with van der Waals surface area (Å²) in [6, 6.07) is 5.19. The van der Waals surface area contributed by atoms with Gasteiger partial charge in [0.15, 0.2) is 0 Å². The monoisotopic (exact) mass is 321 g/mol. The van der Waals surface area contributed by atoms with Crippen molar-refractivity contribution in [1.82, 2.24) is 0 Å². The number of ether oxygens (including phenoxy) is 1. The molecule has 1 rings (SSSR count). The molecule has 0 radical (unpaired) electrons. The molecule has 1 aromatic carbocycles. The minimum absolute atomic E-state index is 0. The third-order valence-electron chi connectivity index (χ3n) is 2.76. The molecule has 0 unspecified atom stereocenters. The zero-order valence-corrected chi connectivity index (χ0v) is 12.9. The van der Waals surface area contributed by atoms with Gasteiger partial charge in [0.25, 0.3) is 0 Å². The summed E-state index contributed by atoms with van der Waals surface area (Å²) in [5.74, 6) is -0.0585. The van der Waals surface area contributed by atoms with Gasteiger partial charge >= 0.3 is 5.97 Å². The van der Waals surface area contributed by atoms with Crippen LogP contribution in [-0.4, -0.2) is 17.7 Å². The van der Waals surface area contributed by atoms with Crippen LogP contribution in [0.3, 0.4) is 0 Å². The van der Waals surface area contributed by atoms with E-state index in [0.29, 0.717) is 23.1 Å². The standard InChI is InChI=1S/C14H20ClNO3.ClH/c15-11-7-8-13(12(16)10-11)19-9-5-3-1-2-4-6-14(17)18;/h7-8,10H,1-6,9,16H2,(H,17,18);1H. The lowest BCUT2D eigenvalue weighted by Crippen LogP contribution is -2.00. The Hall–Kier alpha value is -1.13. The van der Waals surface area contributed by atoms with Crippen LogP contribution in [-0.2, 0) is 4.79 Å². The van der Waals surface area contributed by atoms with E-state index in [1.165, 1.54) is 0 Å². The number of nitrogen functional groups attached to an aromatic ring is 1. The van der Waals surface area contributed by atoms with Gasteiger partial charge in [-0.05, 0) is 31.0 Å². The number of carboxylic acids is 1. The molecule has 0 atom stereocenters. The quantitative estimate of drug-likeness (QED) is 0.529. The average Bonchev–Trinajstić information content (AvgIpc) is 2.34. The molecular weight excluding hydrogens is 301 g/mol. The van der Waals surface area contributed by atoms with Gasteiger partial charge < -0.3 is 15.6 Å². The van der Waals surface area contributed by atoms with Gasteiger partial charge in [-0.15, -0.1) is 12.4 Å². The Morgan fingerprint density at radius 1 is 1.20 bits per heavy atom. The van der Waals surface area contributed by atoms with Crippen LogP contribution in [0.2, 0.25) is 5.02 Å². The zero-order valence-electron chi connectivity index (χ0n) is 11.3. The SMILES string of the molecule is Cl.Nc1cc(Cl)ccc1OCCCCCCCC(=O)O. The molecule has 0 saturated carbocycles. The Morgan fingerprint density at radius 3 is 2.50 bits per heavy atom. The summed E-state index contributed by atoms with van der Waals surface area (Å²) in [6.45, 7) is 0.616. The fraction of sp³-hybridized carbons (Fsp3) is 0.500. The Balaban J connectivity index is 0.00000361. The van der Waals surface area contributed by atoms with E-state index in [-0.39, 0.29) is 18.8 Å². The number of hydrogen-bond acceptors (Lipinski definition) is 3. The maximum atomic E-state index is 10.3. The maximum Gasteiger partial charge on any atom is 0.303 e. The fourth-order valence-corrected chi connectivity index (χ4v) is 1.92. The summed E-state index contributed by atoms with van der Waals surface area (Å²) in [6.07, 6.45) is 4.97. The molecule has 6 heteroatoms. The van der Waals surface area contributed by atoms with Crippen LogP contribution in [0, 0.1) is 0 Å². The smallest absolute Gasteiger partial charge is 0.303 e. The summed E-state index contributed by atoms with van der Waals surface area (Å²) in [7, 11) is 0. The highest BCUT2D eigenvalue weighted by molar-refractivity contribution is 6.30. The third kappa shape index (κ3) is 8.12. The molecule has 0 spiro atoms. The number of carbonyl (C=O) groups is 1. The summed E-state index contributed by atoms with van der Waals surface area (Å²) in [5, 5.41) is 9.08. The molecule has 3 N–H and O–H groups in total. The molecule has 0 aromatic heterocycles. The van der Waals surface area contributed by atoms with E-state index in [1.54, 1.807) is 18.2 Å². The average molecular weight is 322 g/mol. The number of nitrogens with two attached hydrogens (primary N) is 1. The fourth-order valence-electron chi connectivity index (χ4n) is 1.74. The van der Waals surface area contributed by atoms with Gasteiger partial charge in [-0.25, -0.2) is 0 Å². The molecule has 0 bridgehead atoms. The van der Waals surface area contributed by atoms with Crippen LogP contribution in [0.15, 0.2) is 18.2 Å². The van der Waals surface area contributed by atoms with E-state index in [1.807, 2.05) is 0 Å². The van der Waals surface area contributed by atoms with E-state index in [4.69, 9.17) is 27.2 Å². The lowest BCUT2D eigenvalue weighted by Gasteiger charge is -2.08. The van der Waals surface area contributed by atoms with Crippen LogP contribution in [0.1, 0.15) is 38.5 Å². The molecule has 20 heavy (non-hydrogen) atoms. The predicted octanol–water partition coefficient (Wildman–Crippen LogP) is 4.15. The highest BCUT2D eigenvalue weighted by Crippen LogP contribution is 2.25. The Morgan fingerprint density at radius 2 is 1.85 bits per heavy atom. The Kier molecular flexibility index (Phi) is 10.0. The van der Waals surface area contributed by atoms with Crippen molar-refractivity contribution < 1.29 is 14.6 Å². The number of hydrogen-bond donors (Lipinski definition) is 2. The van der Waals surface area contributed by atoms with Crippen molar-refractivity contribution in [2.24, 2.45) is 0 Å². The summed E-state index contributed by atoms with van der Waals surface area (Å²) in [5.41, 5.74) is 6.32. The molecular formula is C14H21Cl2NO3. The van der Waals surface area contributed by atoms with E-state index >= 15 is 0 Å². The summed E-state index contributed by atoms with van der Waals surface area (Å²) < 4.78 is 5.56. The number of carboxylic acid groups (broad SMARTS) is 1. The van der Waals surface area contributed by atoms with Crippen molar-refractivity contribution in [1.29, 1.82) is 0 Å². The van der Waals surface area contributed by atoms with Crippen LogP contribution in [0.5, 0.6) is 5.75 Å². The second-order valence-corrected chi connectivity index (χ2v) is 4.88. The van der Waals surface area contributed by atoms with Gasteiger partial charge in [-0.1, -0.05) is 30.9 Å². The predicted molar refractivity (Wildman–Crippen MR) is 83.9 cm³/mol. The van der Waals surface area contributed by atoms with Gasteiger partial charge in [-0.3, -0.25) is 4.79 Å². The molecule has 114 valence electrons. The van der Waals surface area contributed by atoms with Gasteiger partial charge in [-0.2, -0.15) is 0 Å². The lowest BCUT2D eigenvalue weighted by atomic mass is 10.1. The first-order valence-corrected chi connectivity index (χ1v) is 6.87. The van der Waals surface area contributed by atoms with Crippen molar-refractivity contribution >= 4 is 35.7 Å². The van der Waals surface area contributed by atoms with E-state index in [0.717, 1.165) is 32.1 Å². The second kappa shape index (κ2) is 10.6. The molecule has 0 saturated heterocycles. The topological polar surface area (TPSA) is 72.5 Å². The molecule has 0 heterocycles. The number of anilines is 1. The number of halogens is 2. The van der Waals surface area contributed by atoms with Crippen molar-refractivity contribution in [3.63, 3.8) is 0 Å². The first-order chi connectivity index (χ1) is 9.09. The molecule has 0 amide bonds. The van der Waals surface area contributed by atoms with Crippen LogP contribution < -0.4 is 10.5 Å². The normalized spacial score (nSPS) is 9.85. The van der Waals surface area contributed by atoms with E-state index in [2.05, 4.69) is 0 Å². The highest BCUT2D eigenvalue weighted by atomic mass is 35.5. The zero-order chi connectivity index (χ0) is 14.1. The Labute approximate surface area is 130 Å². The van der Waals surface area contributed by atoms with Crippen LogP contribution >= 0.6 is 24.0 Å². The summed E-state index contributed by atoms with van der Waals surface area (Å²) in [4.78, 5) is 10.3. The minimum atomic E-state index is -0.721. The number of unbranched alkanes of at least 4 members (excludes halogenated alkanes) is 4. The van der Waals surface area contributed by atoms with E-state index < -0.39 is 5.97 Å². The van der Waals surface area contributed by atoms with Crippen molar-refractivity contribution in [3.05, 3.63) is 23.2 Å². The van der Waals surface area contributed by atoms with Crippen molar-refractivity contribution in [2.75, 3.05) is 12.3 Å². The van der Waals surface area contributed by atoms with Gasteiger partial charge in [0.1, 0.15) is 5.75 Å². The number of benzene rings is 1. The third-order valence-corrected chi connectivity index (χ3v) is 3.00. The molecule has 0 fully saturated rings. The minimum Gasteiger partial charge on any atom is -0.491 e. The molecule has 0 aliphatic heterocycles. The van der Waals surface area contributed by atoms with Crippen molar-refractivity contribution in [2.45, 2.75) is 38.5 Å². The molecule has 4 nitrogen and oxygen atoms in total. The Bertz CT molecular complexity index is 413. The lowest BCUT2D eigenvalue weighted by molar-refractivity contribution is -0.137. The molecule has 1 aromatic rings. The summed E-state index contributed by atoms with van der Waals surface area (Å²) >= 11 is 5.79. The van der Waals surface area contributed by atoms with Gasteiger partial charge in [0.05, 0.1) is 12.3 Å². The van der Waals surface area contributed by atoms with Crippen LogP contribution in [0.25, 0.3) is 0 Å². The molecule has 0 aliphatic rings. The first kappa shape index (κ1) is 18.9. The largest absolute Gasteiger partial charge is 0.491 e. The maximum absolute atomic E-state index is 10.3.